The van der Waals surface area contributed by atoms with Gasteiger partial charge in [0.05, 0.1) is 12.8 Å². The number of hydrogen-bond donors (Lipinski definition) is 4. The number of hydrogen-bond acceptors (Lipinski definition) is 5. The van der Waals surface area contributed by atoms with Gasteiger partial charge in [0.25, 0.3) is 5.91 Å². The molecule has 1 aromatic rings. The van der Waals surface area contributed by atoms with Gasteiger partial charge >= 0.3 is 12.0 Å². The molecule has 0 aromatic heterocycles. The third-order valence-electron chi connectivity index (χ3n) is 3.71. The van der Waals surface area contributed by atoms with Crippen LogP contribution in [0.3, 0.4) is 0 Å². The van der Waals surface area contributed by atoms with Gasteiger partial charge in [0.15, 0.2) is 0 Å². The molecule has 0 heterocycles. The van der Waals surface area contributed by atoms with E-state index in [1.807, 2.05) is 5.32 Å². The van der Waals surface area contributed by atoms with Crippen molar-refractivity contribution in [1.82, 2.24) is 5.32 Å². The summed E-state index contributed by atoms with van der Waals surface area (Å²) in [5.74, 6) is -5.96. The number of ether oxygens (including phenoxy) is 1. The highest BCUT2D eigenvalue weighted by atomic mass is 19.4. The molecule has 0 aliphatic heterocycles. The molecular formula is C17H23F3N2O5. The van der Waals surface area contributed by atoms with Gasteiger partial charge in [-0.2, -0.15) is 13.2 Å². The number of methoxy groups -OCH3 is 1. The van der Waals surface area contributed by atoms with Gasteiger partial charge in [0.1, 0.15) is 5.75 Å². The molecule has 7 nitrogen and oxygen atoms in total. The van der Waals surface area contributed by atoms with Gasteiger partial charge in [0.2, 0.25) is 5.91 Å². The van der Waals surface area contributed by atoms with Crippen LogP contribution in [-0.2, 0) is 9.59 Å². The molecule has 0 unspecified atom stereocenters. The van der Waals surface area contributed by atoms with E-state index >= 15 is 0 Å². The number of aliphatic hydroxyl groups is 2. The topological polar surface area (TPSA) is 108 Å². The average molecular weight is 392 g/mol. The number of alkyl halides is 3. The lowest BCUT2D eigenvalue weighted by Crippen LogP contribution is -2.57. The van der Waals surface area contributed by atoms with Crippen molar-refractivity contribution in [3.63, 3.8) is 0 Å². The Morgan fingerprint density at radius 1 is 1.07 bits per heavy atom. The van der Waals surface area contributed by atoms with E-state index in [9.17, 15) is 22.8 Å². The Morgan fingerprint density at radius 3 is 2.33 bits per heavy atom. The predicted octanol–water partition coefficient (Wildman–Crippen LogP) is 1.94. The lowest BCUT2D eigenvalue weighted by atomic mass is 10.1. The van der Waals surface area contributed by atoms with Gasteiger partial charge in [-0.25, -0.2) is 0 Å². The number of carbonyl (C=O) groups is 2. The second-order valence-electron chi connectivity index (χ2n) is 5.84. The standard InChI is InChI=1S/C17H23F3N2O5/c1-27-13-9-6-5-8-12(13)22-14(23)10-4-2-3-7-11-21-15(24)16(25,26)17(18,19)20/h5-6,8-9,25-26H,2-4,7,10-11H2,1H3,(H,21,24)(H,22,23). The maximum atomic E-state index is 12.2. The quantitative estimate of drug-likeness (QED) is 0.360. The van der Waals surface area contributed by atoms with Gasteiger partial charge in [-0.1, -0.05) is 25.0 Å². The molecular weight excluding hydrogens is 369 g/mol. The minimum Gasteiger partial charge on any atom is -0.495 e. The molecule has 1 rings (SSSR count). The van der Waals surface area contributed by atoms with Crippen LogP contribution in [0.15, 0.2) is 24.3 Å². The highest BCUT2D eigenvalue weighted by Crippen LogP contribution is 2.28. The Hall–Kier alpha value is -2.33. The van der Waals surface area contributed by atoms with Gasteiger partial charge in [0, 0.05) is 13.0 Å². The number of halogens is 3. The van der Waals surface area contributed by atoms with Crippen molar-refractivity contribution < 1.29 is 37.7 Å². The predicted molar refractivity (Wildman–Crippen MR) is 90.9 cm³/mol. The first-order chi connectivity index (χ1) is 12.6. The van der Waals surface area contributed by atoms with Crippen molar-refractivity contribution in [3.05, 3.63) is 24.3 Å². The fourth-order valence-corrected chi connectivity index (χ4v) is 2.18. The van der Waals surface area contributed by atoms with Crippen molar-refractivity contribution in [2.24, 2.45) is 0 Å². The van der Waals surface area contributed by atoms with Crippen LogP contribution in [-0.4, -0.2) is 47.6 Å². The Bertz CT molecular complexity index is 635. The van der Waals surface area contributed by atoms with Gasteiger partial charge < -0.3 is 25.6 Å². The molecule has 1 aromatic carbocycles. The molecule has 0 spiro atoms. The smallest absolute Gasteiger partial charge is 0.453 e. The van der Waals surface area contributed by atoms with Gasteiger partial charge in [-0.05, 0) is 25.0 Å². The lowest BCUT2D eigenvalue weighted by molar-refractivity contribution is -0.328. The number of nitrogens with one attached hydrogen (secondary N) is 2. The maximum Gasteiger partial charge on any atom is 0.453 e. The fraction of sp³-hybridized carbons (Fsp3) is 0.529. The lowest BCUT2D eigenvalue weighted by Gasteiger charge is -2.22. The normalized spacial score (nSPS) is 11.8. The Morgan fingerprint density at radius 2 is 1.70 bits per heavy atom. The summed E-state index contributed by atoms with van der Waals surface area (Å²) in [6.45, 7) is -0.134. The Balaban J connectivity index is 2.19. The van der Waals surface area contributed by atoms with Crippen molar-refractivity contribution in [2.45, 2.75) is 44.1 Å². The Labute approximate surface area is 154 Å². The van der Waals surface area contributed by atoms with Crippen molar-refractivity contribution >= 4 is 17.5 Å². The summed E-state index contributed by atoms with van der Waals surface area (Å²) in [5, 5.41) is 22.0. The SMILES string of the molecule is COc1ccccc1NC(=O)CCCCCCNC(=O)C(O)(O)C(F)(F)F. The first-order valence-corrected chi connectivity index (χ1v) is 8.32. The molecule has 0 aliphatic rings. The number of para-hydroxylation sites is 2. The second-order valence-corrected chi connectivity index (χ2v) is 5.84. The van der Waals surface area contributed by atoms with Crippen molar-refractivity contribution in [3.8, 4) is 5.75 Å². The number of unbranched alkanes of at least 4 members (excludes halogenated alkanes) is 3. The second kappa shape index (κ2) is 10.1. The summed E-state index contributed by atoms with van der Waals surface area (Å²) in [4.78, 5) is 23.0. The summed E-state index contributed by atoms with van der Waals surface area (Å²) in [7, 11) is 1.50. The van der Waals surface area contributed by atoms with Crippen LogP contribution in [0.5, 0.6) is 5.75 Å². The summed E-state index contributed by atoms with van der Waals surface area (Å²) >= 11 is 0. The van der Waals surface area contributed by atoms with Crippen LogP contribution in [0.2, 0.25) is 0 Å². The molecule has 0 aliphatic carbocycles. The van der Waals surface area contributed by atoms with Gasteiger partial charge in [-0.3, -0.25) is 9.59 Å². The maximum absolute atomic E-state index is 12.2. The van der Waals surface area contributed by atoms with E-state index in [2.05, 4.69) is 5.32 Å². The molecule has 4 N–H and O–H groups in total. The van der Waals surface area contributed by atoms with E-state index < -0.39 is 17.9 Å². The van der Waals surface area contributed by atoms with E-state index in [-0.39, 0.29) is 18.9 Å². The number of benzene rings is 1. The van der Waals surface area contributed by atoms with Crippen LogP contribution in [0, 0.1) is 0 Å². The number of carbonyl (C=O) groups excluding carboxylic acids is 2. The van der Waals surface area contributed by atoms with Crippen molar-refractivity contribution in [2.75, 3.05) is 19.0 Å². The number of anilines is 1. The van der Waals surface area contributed by atoms with E-state index in [0.29, 0.717) is 37.1 Å². The monoisotopic (exact) mass is 392 g/mol. The molecule has 27 heavy (non-hydrogen) atoms. The van der Waals surface area contributed by atoms with Crippen LogP contribution in [0.4, 0.5) is 18.9 Å². The molecule has 0 saturated carbocycles. The number of amides is 2. The zero-order chi connectivity index (χ0) is 20.5. The molecule has 0 atom stereocenters. The highest BCUT2D eigenvalue weighted by Gasteiger charge is 2.58. The first-order valence-electron chi connectivity index (χ1n) is 8.32. The molecule has 0 fully saturated rings. The van der Waals surface area contributed by atoms with E-state index in [0.717, 1.165) is 0 Å². The van der Waals surface area contributed by atoms with Crippen molar-refractivity contribution in [1.29, 1.82) is 0 Å². The highest BCUT2D eigenvalue weighted by molar-refractivity contribution is 5.92. The third-order valence-corrected chi connectivity index (χ3v) is 3.71. The largest absolute Gasteiger partial charge is 0.495 e. The van der Waals surface area contributed by atoms with E-state index in [1.54, 1.807) is 24.3 Å². The van der Waals surface area contributed by atoms with E-state index in [4.69, 9.17) is 14.9 Å². The zero-order valence-corrected chi connectivity index (χ0v) is 14.8. The molecule has 10 heteroatoms. The van der Waals surface area contributed by atoms with Crippen LogP contribution >= 0.6 is 0 Å². The van der Waals surface area contributed by atoms with Gasteiger partial charge in [-0.15, -0.1) is 0 Å². The summed E-state index contributed by atoms with van der Waals surface area (Å²) in [6, 6.07) is 6.97. The molecule has 152 valence electrons. The Kier molecular flexibility index (Phi) is 8.51. The third kappa shape index (κ3) is 7.06. The molecule has 0 radical (unpaired) electrons. The summed E-state index contributed by atoms with van der Waals surface area (Å²) in [5.41, 5.74) is 0.564. The zero-order valence-electron chi connectivity index (χ0n) is 14.8. The summed E-state index contributed by atoms with van der Waals surface area (Å²) < 4.78 is 41.8. The minimum absolute atomic E-state index is 0.134. The van der Waals surface area contributed by atoms with Crippen LogP contribution in [0.1, 0.15) is 32.1 Å². The van der Waals surface area contributed by atoms with Crippen LogP contribution in [0.25, 0.3) is 0 Å². The fourth-order valence-electron chi connectivity index (χ4n) is 2.18. The molecule has 2 amide bonds. The average Bonchev–Trinajstić information content (AvgIpc) is 2.60. The first kappa shape index (κ1) is 22.7. The summed E-state index contributed by atoms with van der Waals surface area (Å²) in [6.07, 6.45) is -3.13. The minimum atomic E-state index is -5.47. The van der Waals surface area contributed by atoms with Crippen LogP contribution < -0.4 is 15.4 Å². The number of rotatable bonds is 10. The molecule has 0 saturated heterocycles. The van der Waals surface area contributed by atoms with E-state index in [1.165, 1.54) is 7.11 Å². The molecule has 0 bridgehead atoms.